The lowest BCUT2D eigenvalue weighted by Gasteiger charge is -2.04. The van der Waals surface area contributed by atoms with Crippen molar-refractivity contribution < 1.29 is 4.74 Å². The van der Waals surface area contributed by atoms with Crippen LogP contribution in [0.5, 0.6) is 5.75 Å². The summed E-state index contributed by atoms with van der Waals surface area (Å²) in [6.07, 6.45) is 0. The first-order valence-corrected chi connectivity index (χ1v) is 7.99. The van der Waals surface area contributed by atoms with Crippen LogP contribution in [0.4, 0.5) is 0 Å². The third-order valence-corrected chi connectivity index (χ3v) is 4.23. The van der Waals surface area contributed by atoms with E-state index in [0.717, 1.165) is 28.0 Å². The molecule has 0 saturated heterocycles. The number of nitrogens with zero attached hydrogens (tertiary/aromatic N) is 2. The first kappa shape index (κ1) is 14.7. The van der Waals surface area contributed by atoms with Crippen LogP contribution in [0.15, 0.2) is 53.7 Å². The van der Waals surface area contributed by atoms with Gasteiger partial charge in [0.1, 0.15) is 5.75 Å². The molecule has 1 aromatic heterocycles. The number of rotatable bonds is 5. The predicted molar refractivity (Wildman–Crippen MR) is 89.1 cm³/mol. The maximum absolute atomic E-state index is 5.35. The summed E-state index contributed by atoms with van der Waals surface area (Å²) in [6, 6.07) is 16.3. The molecule has 3 rings (SSSR count). The summed E-state index contributed by atoms with van der Waals surface area (Å²) in [6.45, 7) is 2.09. The minimum absolute atomic E-state index is 0.726. The number of thioether (sulfide) groups is 1. The second-order valence-corrected chi connectivity index (χ2v) is 5.88. The van der Waals surface area contributed by atoms with E-state index in [2.05, 4.69) is 46.4 Å². The van der Waals surface area contributed by atoms with Crippen molar-refractivity contribution in [2.24, 2.45) is 0 Å². The number of aryl methyl sites for hydroxylation is 1. The molecular formula is C17H17N3OS. The molecule has 0 aliphatic heterocycles. The first-order valence-electron chi connectivity index (χ1n) is 7.00. The lowest BCUT2D eigenvalue weighted by atomic mass is 10.2. The lowest BCUT2D eigenvalue weighted by Crippen LogP contribution is -1.88. The van der Waals surface area contributed by atoms with Crippen molar-refractivity contribution >= 4 is 11.8 Å². The molecule has 1 N–H and O–H groups in total. The molecule has 0 saturated carbocycles. The molecule has 5 heteroatoms. The number of ether oxygens (including phenoxy) is 1. The van der Waals surface area contributed by atoms with Gasteiger partial charge in [0.2, 0.25) is 5.16 Å². The number of hydrogen-bond donors (Lipinski definition) is 1. The molecule has 4 nitrogen and oxygen atoms in total. The summed E-state index contributed by atoms with van der Waals surface area (Å²) < 4.78 is 5.35. The van der Waals surface area contributed by atoms with Gasteiger partial charge in [0.05, 0.1) is 12.7 Å². The van der Waals surface area contributed by atoms with Crippen molar-refractivity contribution in [2.75, 3.05) is 7.11 Å². The van der Waals surface area contributed by atoms with E-state index in [0.29, 0.717) is 0 Å². The van der Waals surface area contributed by atoms with Crippen LogP contribution >= 0.6 is 11.8 Å². The highest BCUT2D eigenvalue weighted by Crippen LogP contribution is 2.28. The van der Waals surface area contributed by atoms with Crippen LogP contribution < -0.4 is 4.74 Å². The second kappa shape index (κ2) is 6.66. The maximum Gasteiger partial charge on any atom is 0.209 e. The smallest absolute Gasteiger partial charge is 0.209 e. The summed E-state index contributed by atoms with van der Waals surface area (Å²) in [5, 5.41) is 7.99. The molecule has 0 bridgehead atoms. The zero-order valence-electron chi connectivity index (χ0n) is 12.5. The molecule has 0 fully saturated rings. The molecule has 0 radical (unpaired) electrons. The highest BCUT2D eigenvalue weighted by Gasteiger charge is 2.10. The molecule has 0 spiro atoms. The van der Waals surface area contributed by atoms with E-state index in [-0.39, 0.29) is 0 Å². The average molecular weight is 311 g/mol. The summed E-state index contributed by atoms with van der Waals surface area (Å²) in [5.41, 5.74) is 3.45. The number of hydrogen-bond acceptors (Lipinski definition) is 4. The fourth-order valence-corrected chi connectivity index (χ4v) is 2.86. The molecule has 0 unspecified atom stereocenters. The Morgan fingerprint density at radius 2 is 1.86 bits per heavy atom. The van der Waals surface area contributed by atoms with Gasteiger partial charge < -0.3 is 4.74 Å². The maximum atomic E-state index is 5.35. The second-order valence-electron chi connectivity index (χ2n) is 4.94. The molecule has 3 aromatic rings. The normalized spacial score (nSPS) is 10.6. The van der Waals surface area contributed by atoms with Gasteiger partial charge in [0, 0.05) is 5.75 Å². The van der Waals surface area contributed by atoms with E-state index in [4.69, 9.17) is 4.74 Å². The third-order valence-electron chi connectivity index (χ3n) is 3.32. The molecule has 2 aromatic carbocycles. The van der Waals surface area contributed by atoms with Gasteiger partial charge >= 0.3 is 0 Å². The topological polar surface area (TPSA) is 50.8 Å². The third kappa shape index (κ3) is 3.31. The van der Waals surface area contributed by atoms with Crippen LogP contribution in [0, 0.1) is 6.92 Å². The van der Waals surface area contributed by atoms with E-state index in [9.17, 15) is 0 Å². The van der Waals surface area contributed by atoms with Crippen molar-refractivity contribution in [3.8, 4) is 17.1 Å². The fraction of sp³-hybridized carbons (Fsp3) is 0.176. The van der Waals surface area contributed by atoms with Crippen LogP contribution in [-0.4, -0.2) is 22.3 Å². The Labute approximate surface area is 133 Å². The molecule has 0 aliphatic carbocycles. The van der Waals surface area contributed by atoms with Crippen LogP contribution in [-0.2, 0) is 5.75 Å². The Hall–Kier alpha value is -2.27. The van der Waals surface area contributed by atoms with Crippen molar-refractivity contribution in [1.82, 2.24) is 15.2 Å². The van der Waals surface area contributed by atoms with Gasteiger partial charge in [0.25, 0.3) is 0 Å². The minimum atomic E-state index is 0.726. The van der Waals surface area contributed by atoms with Crippen molar-refractivity contribution in [2.45, 2.75) is 17.8 Å². The Balaban J connectivity index is 1.72. The number of para-hydroxylation sites is 1. The summed E-state index contributed by atoms with van der Waals surface area (Å²) in [4.78, 5) is 4.54. The first-order chi connectivity index (χ1) is 10.8. The number of H-pyrrole nitrogens is 1. The Morgan fingerprint density at radius 1 is 1.09 bits per heavy atom. The van der Waals surface area contributed by atoms with E-state index in [1.165, 1.54) is 11.1 Å². The quantitative estimate of drug-likeness (QED) is 0.721. The molecule has 0 atom stereocenters. The largest absolute Gasteiger partial charge is 0.496 e. The highest BCUT2D eigenvalue weighted by atomic mass is 32.2. The van der Waals surface area contributed by atoms with Gasteiger partial charge in [-0.3, -0.25) is 5.10 Å². The van der Waals surface area contributed by atoms with E-state index < -0.39 is 0 Å². The van der Waals surface area contributed by atoms with Gasteiger partial charge in [0.15, 0.2) is 5.82 Å². The number of aromatic nitrogens is 3. The number of aromatic amines is 1. The zero-order chi connectivity index (χ0) is 15.4. The number of methoxy groups -OCH3 is 1. The fourth-order valence-electron chi connectivity index (χ4n) is 2.10. The van der Waals surface area contributed by atoms with Gasteiger partial charge in [-0.2, -0.15) is 0 Å². The van der Waals surface area contributed by atoms with Gasteiger partial charge in [-0.1, -0.05) is 53.7 Å². The van der Waals surface area contributed by atoms with E-state index >= 15 is 0 Å². The van der Waals surface area contributed by atoms with Crippen LogP contribution in [0.25, 0.3) is 11.4 Å². The molecular weight excluding hydrogens is 294 g/mol. The Morgan fingerprint density at radius 3 is 2.64 bits per heavy atom. The van der Waals surface area contributed by atoms with Crippen molar-refractivity contribution in [3.63, 3.8) is 0 Å². The molecule has 1 heterocycles. The molecule has 112 valence electrons. The van der Waals surface area contributed by atoms with Crippen LogP contribution in [0.1, 0.15) is 11.1 Å². The Bertz CT molecular complexity index is 753. The molecule has 22 heavy (non-hydrogen) atoms. The number of benzene rings is 2. The van der Waals surface area contributed by atoms with E-state index in [1.807, 2.05) is 24.3 Å². The predicted octanol–water partition coefficient (Wildman–Crippen LogP) is 4.08. The standard InChI is InChI=1S/C17H17N3OS/c1-12-7-9-13(10-8-12)11-22-17-18-16(19-20-17)14-5-3-4-6-15(14)21-2/h3-10H,11H2,1-2H3,(H,18,19,20). The summed E-state index contributed by atoms with van der Waals surface area (Å²) in [5.74, 6) is 2.36. The van der Waals surface area contributed by atoms with Crippen LogP contribution in [0.2, 0.25) is 0 Å². The van der Waals surface area contributed by atoms with Gasteiger partial charge in [-0.25, -0.2) is 4.98 Å². The summed E-state index contributed by atoms with van der Waals surface area (Å²) in [7, 11) is 1.66. The van der Waals surface area contributed by atoms with Gasteiger partial charge in [-0.15, -0.1) is 5.10 Å². The lowest BCUT2D eigenvalue weighted by molar-refractivity contribution is 0.416. The van der Waals surface area contributed by atoms with E-state index in [1.54, 1.807) is 18.9 Å². The number of nitrogens with one attached hydrogen (secondary N) is 1. The van der Waals surface area contributed by atoms with Crippen molar-refractivity contribution in [1.29, 1.82) is 0 Å². The van der Waals surface area contributed by atoms with Crippen LogP contribution in [0.3, 0.4) is 0 Å². The molecule has 0 amide bonds. The summed E-state index contributed by atoms with van der Waals surface area (Å²) >= 11 is 1.61. The monoisotopic (exact) mass is 311 g/mol. The molecule has 0 aliphatic rings. The zero-order valence-corrected chi connectivity index (χ0v) is 13.4. The highest BCUT2D eigenvalue weighted by molar-refractivity contribution is 7.98. The van der Waals surface area contributed by atoms with Crippen molar-refractivity contribution in [3.05, 3.63) is 59.7 Å². The SMILES string of the molecule is COc1ccccc1-c1nc(SCc2ccc(C)cc2)n[nH]1. The minimum Gasteiger partial charge on any atom is -0.496 e. The Kier molecular flexibility index (Phi) is 4.44. The average Bonchev–Trinajstić information content (AvgIpc) is 3.03. The van der Waals surface area contributed by atoms with Gasteiger partial charge in [-0.05, 0) is 24.6 Å².